The van der Waals surface area contributed by atoms with E-state index in [2.05, 4.69) is 11.0 Å². The van der Waals surface area contributed by atoms with Crippen LogP contribution < -0.4 is 0 Å². The molecule has 0 atom stereocenters. The van der Waals surface area contributed by atoms with Crippen molar-refractivity contribution in [3.05, 3.63) is 0 Å². The van der Waals surface area contributed by atoms with Gasteiger partial charge in [0.05, 0.1) is 24.1 Å². The Morgan fingerprint density at radius 1 is 0.571 bits per heavy atom. The predicted molar refractivity (Wildman–Crippen MR) is 137 cm³/mol. The molecule has 0 radical (unpaired) electrons. The molecule has 6 nitrogen and oxygen atoms in total. The van der Waals surface area contributed by atoms with Crippen LogP contribution in [-0.2, 0) is 9.53 Å². The first-order chi connectivity index (χ1) is 17.2. The summed E-state index contributed by atoms with van der Waals surface area (Å²) < 4.78 is 5.13. The predicted octanol–water partition coefficient (Wildman–Crippen LogP) is 7.01. The molecule has 0 N–H and O–H groups in total. The van der Waals surface area contributed by atoms with E-state index in [0.29, 0.717) is 12.1 Å². The summed E-state index contributed by atoms with van der Waals surface area (Å²) >= 11 is 0. The largest absolute Gasteiger partial charge is 0.424 e. The van der Waals surface area contributed by atoms with E-state index in [9.17, 15) is 4.79 Å². The van der Waals surface area contributed by atoms with Gasteiger partial charge in [-0.15, -0.1) is 0 Å². The quantitative estimate of drug-likeness (QED) is 0.213. The molecule has 4 fully saturated rings. The molecule has 6 heteroatoms. The van der Waals surface area contributed by atoms with Gasteiger partial charge in [0, 0.05) is 0 Å². The van der Waals surface area contributed by atoms with Gasteiger partial charge in [-0.05, 0) is 139 Å². The Morgan fingerprint density at radius 2 is 0.943 bits per heavy atom. The maximum Gasteiger partial charge on any atom is 0.286 e. The van der Waals surface area contributed by atoms with Gasteiger partial charge in [0.1, 0.15) is 6.10 Å². The van der Waals surface area contributed by atoms with Gasteiger partial charge in [-0.1, -0.05) is 0 Å². The normalized spacial score (nSPS) is 37.7. The average molecular weight is 481 g/mol. The van der Waals surface area contributed by atoms with E-state index in [0.717, 1.165) is 49.4 Å². The molecule has 4 rings (SSSR count). The van der Waals surface area contributed by atoms with Crippen molar-refractivity contribution in [3.8, 4) is 6.26 Å². The minimum atomic E-state index is 0.172. The summed E-state index contributed by atoms with van der Waals surface area (Å²) in [7, 11) is 0. The lowest BCUT2D eigenvalue weighted by Gasteiger charge is -2.32. The molecule has 4 aliphatic carbocycles. The number of nitriles is 1. The molecule has 0 aromatic heterocycles. The summed E-state index contributed by atoms with van der Waals surface area (Å²) in [6.45, 7) is 0. The van der Waals surface area contributed by atoms with Crippen LogP contribution in [0.3, 0.4) is 0 Å². The molecule has 0 spiro atoms. The van der Waals surface area contributed by atoms with Gasteiger partial charge >= 0.3 is 0 Å². The van der Waals surface area contributed by atoms with Crippen molar-refractivity contribution < 1.29 is 9.53 Å². The fourth-order valence-corrected chi connectivity index (χ4v) is 7.30. The third kappa shape index (κ3) is 8.59. The average Bonchev–Trinajstić information content (AvgIpc) is 2.89. The van der Waals surface area contributed by atoms with E-state index in [1.165, 1.54) is 89.9 Å². The summed E-state index contributed by atoms with van der Waals surface area (Å²) in [5, 5.41) is 8.69. The van der Waals surface area contributed by atoms with Crippen LogP contribution in [0.25, 0.3) is 0 Å². The van der Waals surface area contributed by atoms with Crippen molar-refractivity contribution in [2.75, 3.05) is 0 Å². The number of isocyanates is 1. The molecule has 0 aromatic carbocycles. The topological polar surface area (TPSA) is 87.2 Å². The van der Waals surface area contributed by atoms with Crippen LogP contribution in [-0.4, -0.2) is 36.3 Å². The lowest BCUT2D eigenvalue weighted by Crippen LogP contribution is -2.24. The van der Waals surface area contributed by atoms with Crippen molar-refractivity contribution in [3.63, 3.8) is 0 Å². The number of hydrogen-bond acceptors (Lipinski definition) is 6. The second-order valence-corrected chi connectivity index (χ2v) is 11.9. The van der Waals surface area contributed by atoms with E-state index in [1.807, 2.05) is 6.26 Å². The number of hydrogen-bond donors (Lipinski definition) is 0. The Hall–Kier alpha value is -1.95. The van der Waals surface area contributed by atoms with Gasteiger partial charge in [0.25, 0.3) is 6.26 Å². The zero-order valence-electron chi connectivity index (χ0n) is 21.5. The molecular formula is C29H44N4O2. The second kappa shape index (κ2) is 14.0. The number of aliphatic imine (C=N–C) groups is 3. The second-order valence-electron chi connectivity index (χ2n) is 11.9. The highest BCUT2D eigenvalue weighted by Gasteiger charge is 2.28. The van der Waals surface area contributed by atoms with Gasteiger partial charge in [0.2, 0.25) is 6.08 Å². The monoisotopic (exact) mass is 480 g/mol. The molecular weight excluding hydrogens is 436 g/mol. The van der Waals surface area contributed by atoms with E-state index >= 15 is 0 Å². The van der Waals surface area contributed by atoms with E-state index < -0.39 is 0 Å². The molecule has 0 bridgehead atoms. The van der Waals surface area contributed by atoms with E-state index in [-0.39, 0.29) is 12.1 Å². The summed E-state index contributed by atoms with van der Waals surface area (Å²) in [6.07, 6.45) is 25.5. The van der Waals surface area contributed by atoms with Crippen LogP contribution in [0.5, 0.6) is 0 Å². The van der Waals surface area contributed by atoms with Crippen molar-refractivity contribution in [1.29, 1.82) is 5.26 Å². The molecule has 0 unspecified atom stereocenters. The zero-order valence-corrected chi connectivity index (χ0v) is 21.5. The van der Waals surface area contributed by atoms with Crippen molar-refractivity contribution in [2.24, 2.45) is 38.6 Å². The van der Waals surface area contributed by atoms with Crippen LogP contribution >= 0.6 is 0 Å². The Kier molecular flexibility index (Phi) is 10.4. The summed E-state index contributed by atoms with van der Waals surface area (Å²) in [5.41, 5.74) is 0. The molecule has 0 aromatic rings. The third-order valence-electron chi connectivity index (χ3n) is 9.51. The number of rotatable bonds is 8. The van der Waals surface area contributed by atoms with Gasteiger partial charge in [-0.3, -0.25) is 0 Å². The molecule has 0 aliphatic heterocycles. The third-order valence-corrected chi connectivity index (χ3v) is 9.51. The zero-order chi connectivity index (χ0) is 24.3. The number of nitrogens with zero attached hydrogens (tertiary/aromatic N) is 4. The molecule has 0 heterocycles. The Morgan fingerprint density at radius 3 is 1.31 bits per heavy atom. The fraction of sp³-hybridized carbons (Fsp3) is 0.897. The van der Waals surface area contributed by atoms with Crippen molar-refractivity contribution in [2.45, 2.75) is 140 Å². The first-order valence-electron chi connectivity index (χ1n) is 14.5. The minimum Gasteiger partial charge on any atom is -0.424 e. The Labute approximate surface area is 211 Å². The van der Waals surface area contributed by atoms with Crippen LogP contribution in [0.15, 0.2) is 15.0 Å². The van der Waals surface area contributed by atoms with Crippen molar-refractivity contribution in [1.82, 2.24) is 0 Å². The smallest absolute Gasteiger partial charge is 0.286 e. The van der Waals surface area contributed by atoms with Crippen molar-refractivity contribution >= 4 is 12.1 Å². The Bertz CT molecular complexity index is 778. The number of carbonyl (C=O) groups excluding carboxylic acids is 1. The van der Waals surface area contributed by atoms with Crippen LogP contribution in [0.2, 0.25) is 0 Å². The van der Waals surface area contributed by atoms with E-state index in [4.69, 9.17) is 20.0 Å². The van der Waals surface area contributed by atoms with Gasteiger partial charge in [0.15, 0.2) is 0 Å². The molecule has 0 amide bonds. The van der Waals surface area contributed by atoms with Crippen LogP contribution in [0.4, 0.5) is 0 Å². The number of ether oxygens (including phenoxy) is 1. The standard InChI is InChI=1S/C29H44N4O2/c30-19-35-29-15-7-25(8-16-29)18-23-3-11-27(12-4-23)32-20-31-26-9-1-22(2-10-26)17-24-5-13-28(14-6-24)33-21-34/h22-29H,1-18H2. The summed E-state index contributed by atoms with van der Waals surface area (Å²) in [6, 6.07) is 4.20. The summed E-state index contributed by atoms with van der Waals surface area (Å²) in [4.78, 5) is 23.8. The highest BCUT2D eigenvalue weighted by Crippen LogP contribution is 2.38. The minimum absolute atomic E-state index is 0.172. The fourth-order valence-electron chi connectivity index (χ4n) is 7.30. The molecule has 0 saturated heterocycles. The molecule has 4 aliphatic rings. The molecule has 35 heavy (non-hydrogen) atoms. The lowest BCUT2D eigenvalue weighted by atomic mass is 9.76. The van der Waals surface area contributed by atoms with Gasteiger partial charge in [-0.2, -0.15) is 5.26 Å². The first kappa shape index (κ1) is 26.1. The van der Waals surface area contributed by atoms with Gasteiger partial charge in [-0.25, -0.2) is 19.8 Å². The molecule has 4 saturated carbocycles. The highest BCUT2D eigenvalue weighted by molar-refractivity contribution is 5.42. The SMILES string of the molecule is N#COC1CCC(CC2CCC(N=C=NC3CCC(CC4CCC(N=C=O)CC4)CC3)CC2)CC1. The van der Waals surface area contributed by atoms with Gasteiger partial charge < -0.3 is 4.74 Å². The lowest BCUT2D eigenvalue weighted by molar-refractivity contribution is 0.0915. The molecule has 192 valence electrons. The van der Waals surface area contributed by atoms with Crippen LogP contribution in [0, 0.1) is 35.2 Å². The van der Waals surface area contributed by atoms with Crippen LogP contribution in [0.1, 0.15) is 116 Å². The summed E-state index contributed by atoms with van der Waals surface area (Å²) in [5.74, 6) is 3.34. The maximum absolute atomic E-state index is 10.4. The maximum atomic E-state index is 10.4. The Balaban J connectivity index is 1.08. The first-order valence-corrected chi connectivity index (χ1v) is 14.5. The highest BCUT2D eigenvalue weighted by atomic mass is 16.5. The van der Waals surface area contributed by atoms with E-state index in [1.54, 1.807) is 6.08 Å².